The van der Waals surface area contributed by atoms with E-state index >= 15 is 0 Å². The molecule has 2 aliphatic rings. The van der Waals surface area contributed by atoms with Crippen molar-refractivity contribution in [3.05, 3.63) is 0 Å². The second-order valence-electron chi connectivity index (χ2n) is 4.87. The number of hydrogen-bond donors (Lipinski definition) is 1. The molecule has 0 bridgehead atoms. The second kappa shape index (κ2) is 4.60. The molecule has 0 saturated carbocycles. The highest BCUT2D eigenvalue weighted by atomic mass is 16.5. The zero-order chi connectivity index (χ0) is 9.97. The summed E-state index contributed by atoms with van der Waals surface area (Å²) in [5.74, 6) is 1.56. The van der Waals surface area contributed by atoms with E-state index in [9.17, 15) is 0 Å². The summed E-state index contributed by atoms with van der Waals surface area (Å²) in [5.41, 5.74) is 0. The highest BCUT2D eigenvalue weighted by Crippen LogP contribution is 2.18. The summed E-state index contributed by atoms with van der Waals surface area (Å²) in [6, 6.07) is 0.732. The third-order valence-electron chi connectivity index (χ3n) is 3.61. The number of nitrogens with one attached hydrogen (secondary N) is 1. The van der Waals surface area contributed by atoms with Crippen LogP contribution in [0.1, 0.15) is 13.3 Å². The second-order valence-corrected chi connectivity index (χ2v) is 4.87. The number of hydrogen-bond acceptors (Lipinski definition) is 3. The van der Waals surface area contributed by atoms with E-state index in [4.69, 9.17) is 4.74 Å². The maximum Gasteiger partial charge on any atom is 0.0507 e. The average molecular weight is 198 g/mol. The van der Waals surface area contributed by atoms with Crippen LogP contribution in [0, 0.1) is 11.8 Å². The first-order valence-corrected chi connectivity index (χ1v) is 5.76. The molecule has 0 aliphatic carbocycles. The Balaban J connectivity index is 1.78. The van der Waals surface area contributed by atoms with E-state index in [0.717, 1.165) is 37.6 Å². The van der Waals surface area contributed by atoms with Crippen molar-refractivity contribution in [3.63, 3.8) is 0 Å². The van der Waals surface area contributed by atoms with Gasteiger partial charge in [0.2, 0.25) is 0 Å². The SMILES string of the molecule is CC1CNCC1N(C)CC1CCOC1. The molecule has 82 valence electrons. The molecule has 3 heteroatoms. The maximum absolute atomic E-state index is 5.41. The topological polar surface area (TPSA) is 24.5 Å². The number of ether oxygens (including phenoxy) is 1. The summed E-state index contributed by atoms with van der Waals surface area (Å²) < 4.78 is 5.41. The average Bonchev–Trinajstić information content (AvgIpc) is 2.75. The quantitative estimate of drug-likeness (QED) is 0.717. The zero-order valence-corrected chi connectivity index (χ0v) is 9.33. The number of likely N-dealkylation sites (N-methyl/N-ethyl adjacent to an activating group) is 1. The Hall–Kier alpha value is -0.120. The molecular weight excluding hydrogens is 176 g/mol. The Morgan fingerprint density at radius 3 is 2.86 bits per heavy atom. The fourth-order valence-electron chi connectivity index (χ4n) is 2.66. The summed E-state index contributed by atoms with van der Waals surface area (Å²) in [4.78, 5) is 2.52. The van der Waals surface area contributed by atoms with Crippen LogP contribution >= 0.6 is 0 Å². The van der Waals surface area contributed by atoms with Gasteiger partial charge in [-0.2, -0.15) is 0 Å². The maximum atomic E-state index is 5.41. The van der Waals surface area contributed by atoms with Crippen LogP contribution in [0.4, 0.5) is 0 Å². The predicted molar refractivity (Wildman–Crippen MR) is 57.4 cm³/mol. The van der Waals surface area contributed by atoms with Crippen LogP contribution in [-0.4, -0.2) is 50.8 Å². The zero-order valence-electron chi connectivity index (χ0n) is 9.33. The van der Waals surface area contributed by atoms with Crippen molar-refractivity contribution in [1.29, 1.82) is 0 Å². The van der Waals surface area contributed by atoms with E-state index < -0.39 is 0 Å². The van der Waals surface area contributed by atoms with Crippen molar-refractivity contribution in [2.24, 2.45) is 11.8 Å². The van der Waals surface area contributed by atoms with Crippen LogP contribution in [0.2, 0.25) is 0 Å². The van der Waals surface area contributed by atoms with E-state index in [1.807, 2.05) is 0 Å². The van der Waals surface area contributed by atoms with Crippen molar-refractivity contribution in [3.8, 4) is 0 Å². The fraction of sp³-hybridized carbons (Fsp3) is 1.00. The number of rotatable bonds is 3. The monoisotopic (exact) mass is 198 g/mol. The molecule has 0 amide bonds. The van der Waals surface area contributed by atoms with Gasteiger partial charge in [0, 0.05) is 25.7 Å². The molecule has 2 heterocycles. The van der Waals surface area contributed by atoms with Crippen molar-refractivity contribution in [2.45, 2.75) is 19.4 Å². The first-order chi connectivity index (χ1) is 6.77. The van der Waals surface area contributed by atoms with E-state index in [-0.39, 0.29) is 0 Å². The molecule has 3 unspecified atom stereocenters. The smallest absolute Gasteiger partial charge is 0.0507 e. The normalized spacial score (nSPS) is 38.4. The first kappa shape index (κ1) is 10.4. The molecule has 3 atom stereocenters. The van der Waals surface area contributed by atoms with Crippen molar-refractivity contribution in [2.75, 3.05) is 39.9 Å². The van der Waals surface area contributed by atoms with Crippen LogP contribution in [0.25, 0.3) is 0 Å². The van der Waals surface area contributed by atoms with Gasteiger partial charge in [0.15, 0.2) is 0 Å². The highest BCUT2D eigenvalue weighted by molar-refractivity contribution is 4.85. The van der Waals surface area contributed by atoms with E-state index in [0.29, 0.717) is 0 Å². The van der Waals surface area contributed by atoms with Crippen molar-refractivity contribution < 1.29 is 4.74 Å². The molecule has 2 fully saturated rings. The summed E-state index contributed by atoms with van der Waals surface area (Å²) in [7, 11) is 2.26. The van der Waals surface area contributed by atoms with Gasteiger partial charge in [0.05, 0.1) is 6.61 Å². The molecule has 2 rings (SSSR count). The van der Waals surface area contributed by atoms with Crippen molar-refractivity contribution >= 4 is 0 Å². The first-order valence-electron chi connectivity index (χ1n) is 5.76. The van der Waals surface area contributed by atoms with Crippen molar-refractivity contribution in [1.82, 2.24) is 10.2 Å². The van der Waals surface area contributed by atoms with Gasteiger partial charge < -0.3 is 15.0 Å². The summed E-state index contributed by atoms with van der Waals surface area (Å²) in [6.45, 7) is 7.82. The highest BCUT2D eigenvalue weighted by Gasteiger charge is 2.28. The van der Waals surface area contributed by atoms with Gasteiger partial charge in [-0.15, -0.1) is 0 Å². The van der Waals surface area contributed by atoms with Gasteiger partial charge >= 0.3 is 0 Å². The summed E-state index contributed by atoms with van der Waals surface area (Å²) >= 11 is 0. The Bertz CT molecular complexity index is 180. The van der Waals surface area contributed by atoms with Gasteiger partial charge in [0.1, 0.15) is 0 Å². The van der Waals surface area contributed by atoms with Gasteiger partial charge in [-0.25, -0.2) is 0 Å². The van der Waals surface area contributed by atoms with E-state index in [2.05, 4.69) is 24.2 Å². The molecule has 0 aromatic rings. The van der Waals surface area contributed by atoms with Crippen LogP contribution in [0.3, 0.4) is 0 Å². The Labute approximate surface area is 86.8 Å². The Kier molecular flexibility index (Phi) is 3.42. The van der Waals surface area contributed by atoms with Crippen LogP contribution in [-0.2, 0) is 4.74 Å². The molecule has 0 spiro atoms. The molecule has 2 saturated heterocycles. The third kappa shape index (κ3) is 2.27. The van der Waals surface area contributed by atoms with Gasteiger partial charge in [-0.3, -0.25) is 0 Å². The Morgan fingerprint density at radius 2 is 2.29 bits per heavy atom. The third-order valence-corrected chi connectivity index (χ3v) is 3.61. The van der Waals surface area contributed by atoms with Crippen LogP contribution in [0.15, 0.2) is 0 Å². The van der Waals surface area contributed by atoms with Gasteiger partial charge in [-0.1, -0.05) is 6.92 Å². The minimum atomic E-state index is 0.732. The molecule has 1 N–H and O–H groups in total. The molecule has 2 aliphatic heterocycles. The lowest BCUT2D eigenvalue weighted by molar-refractivity contribution is 0.154. The molecule has 3 nitrogen and oxygen atoms in total. The molecular formula is C11H22N2O. The summed E-state index contributed by atoms with van der Waals surface area (Å²) in [6.07, 6.45) is 1.25. The molecule has 0 aromatic carbocycles. The largest absolute Gasteiger partial charge is 0.381 e. The van der Waals surface area contributed by atoms with E-state index in [1.165, 1.54) is 19.5 Å². The van der Waals surface area contributed by atoms with Crippen LogP contribution in [0.5, 0.6) is 0 Å². The number of nitrogens with zero attached hydrogens (tertiary/aromatic N) is 1. The van der Waals surface area contributed by atoms with Gasteiger partial charge in [0.25, 0.3) is 0 Å². The van der Waals surface area contributed by atoms with Crippen LogP contribution < -0.4 is 5.32 Å². The Morgan fingerprint density at radius 1 is 1.43 bits per heavy atom. The molecule has 0 aromatic heterocycles. The van der Waals surface area contributed by atoms with E-state index in [1.54, 1.807) is 0 Å². The lowest BCUT2D eigenvalue weighted by Crippen LogP contribution is -2.40. The minimum absolute atomic E-state index is 0.732. The minimum Gasteiger partial charge on any atom is -0.381 e. The lowest BCUT2D eigenvalue weighted by atomic mass is 10.0. The summed E-state index contributed by atoms with van der Waals surface area (Å²) in [5, 5.41) is 3.45. The fourth-order valence-corrected chi connectivity index (χ4v) is 2.66. The molecule has 14 heavy (non-hydrogen) atoms. The molecule has 0 radical (unpaired) electrons. The lowest BCUT2D eigenvalue weighted by Gasteiger charge is -2.28. The van der Waals surface area contributed by atoms with Gasteiger partial charge in [-0.05, 0) is 31.8 Å². The predicted octanol–water partition coefficient (Wildman–Crippen LogP) is 0.563. The standard InChI is InChI=1S/C11H22N2O/c1-9-5-12-6-11(9)13(2)7-10-3-4-14-8-10/h9-12H,3-8H2,1-2H3.